The van der Waals surface area contributed by atoms with E-state index in [9.17, 15) is 0 Å². The van der Waals surface area contributed by atoms with Gasteiger partial charge in [-0.2, -0.15) is 0 Å². The van der Waals surface area contributed by atoms with Crippen LogP contribution in [0, 0.1) is 5.92 Å². The fourth-order valence-electron chi connectivity index (χ4n) is 14.6. The van der Waals surface area contributed by atoms with Gasteiger partial charge in [-0.1, -0.05) is 178 Å². The third kappa shape index (κ3) is 13.9. The van der Waals surface area contributed by atoms with Crippen LogP contribution >= 0.6 is 0 Å². The predicted octanol–water partition coefficient (Wildman–Crippen LogP) is 15.9. The molecule has 2 aromatic carbocycles. The van der Waals surface area contributed by atoms with Crippen molar-refractivity contribution in [2.45, 2.75) is 288 Å². The zero-order chi connectivity index (χ0) is 56.6. The van der Waals surface area contributed by atoms with Crippen molar-refractivity contribution in [1.82, 2.24) is 0 Å². The van der Waals surface area contributed by atoms with Crippen LogP contribution in [0.25, 0.3) is 0 Å². The molecule has 0 unspecified atom stereocenters. The normalized spacial score (nSPS) is 33.5. The molecule has 0 aromatic heterocycles. The Hall–Kier alpha value is -2.27. The molecule has 0 amide bonds. The van der Waals surface area contributed by atoms with Gasteiger partial charge < -0.3 is 37.0 Å². The molecule has 436 valence electrons. The summed E-state index contributed by atoms with van der Waals surface area (Å²) in [5, 5.41) is 2.54. The second-order valence-electron chi connectivity index (χ2n) is 26.2. The van der Waals surface area contributed by atoms with Gasteiger partial charge >= 0.3 is 0 Å². The Morgan fingerprint density at radius 3 is 1.83 bits per heavy atom. The first-order chi connectivity index (χ1) is 37.1. The standard InChI is InChI=1S/C67H108O8Si3/c1-17-24-25-32-40-60-66(15,75-77(21-5,22-6)23-7)45-42-57-56(69-60)41-44-65(14)62(70-57)48-58-63(73-65)59(74-76(18-2,19-3)20-4)49-67(16)61(71-58)47-52(10)55(72-67)39-33-34-50(8)51(9)43-46-68-78(64(11,12)13,53-35-28-26-29-36-53)54-37-30-27-31-38-54/h17,24-31,34-38,43,52,55-63H,1,18-23,32-33,39-42,44-49H2,2-16H3/b25-24+,50-34-,51-43+/t52-,55-,56-,57+,58+,59-,60+,61-,62-,63+,65+,66+,67+/m0/s1. The Morgan fingerprint density at radius 2 is 1.24 bits per heavy atom. The Morgan fingerprint density at radius 1 is 0.679 bits per heavy atom. The number of benzene rings is 2. The van der Waals surface area contributed by atoms with E-state index in [0.29, 0.717) is 12.5 Å². The van der Waals surface area contributed by atoms with Crippen LogP contribution in [0.1, 0.15) is 174 Å². The number of hydrogen-bond acceptors (Lipinski definition) is 8. The van der Waals surface area contributed by atoms with Crippen molar-refractivity contribution < 1.29 is 37.0 Å². The molecule has 7 rings (SSSR count). The molecule has 5 heterocycles. The van der Waals surface area contributed by atoms with Gasteiger partial charge in [-0.05, 0) is 150 Å². The van der Waals surface area contributed by atoms with Gasteiger partial charge in [-0.25, -0.2) is 0 Å². The molecule has 11 heteroatoms. The van der Waals surface area contributed by atoms with Crippen molar-refractivity contribution in [2.24, 2.45) is 5.92 Å². The largest absolute Gasteiger partial charge is 0.411 e. The van der Waals surface area contributed by atoms with Crippen molar-refractivity contribution in [3.8, 4) is 0 Å². The summed E-state index contributed by atoms with van der Waals surface area (Å²) in [5.41, 5.74) is 1.15. The Kier molecular flexibility index (Phi) is 21.9. The minimum Gasteiger partial charge on any atom is -0.411 e. The number of fused-ring (bicyclic) bond motifs is 4. The smallest absolute Gasteiger partial charge is 0.261 e. The molecule has 0 bridgehead atoms. The SMILES string of the molecule is C=C/C=C/CC[C@H]1O[C@H]2CC[C@@]3(C)O[C@H]4[C@@H](O[Si](CC)(CC)CC)C[C@@]5(C)O[C@@H](CC/C=C(C)\C(C)=C\CO[Si](c6ccccc6)(c6ccccc6)C(C)(C)C)[C@@H](C)C[C@@H]5O[C@@H]4C[C@@H]3O[C@@H]2CC[C@@]1(C)O[Si](CC)(CC)CC. The molecule has 0 aliphatic carbocycles. The molecular weight excluding hydrogens is 1020 g/mol. The summed E-state index contributed by atoms with van der Waals surface area (Å²) in [5.74, 6) is 0.332. The second-order valence-corrected chi connectivity index (χ2v) is 39.9. The summed E-state index contributed by atoms with van der Waals surface area (Å²) < 4.78 is 60.0. The Labute approximate surface area is 478 Å². The third-order valence-corrected chi connectivity index (χ3v) is 34.8. The summed E-state index contributed by atoms with van der Waals surface area (Å²) >= 11 is 0. The van der Waals surface area contributed by atoms with Crippen LogP contribution in [-0.4, -0.2) is 103 Å². The van der Waals surface area contributed by atoms with E-state index in [1.54, 1.807) is 0 Å². The first-order valence-corrected chi connectivity index (χ1v) is 38.2. The van der Waals surface area contributed by atoms with Crippen LogP contribution in [0.15, 0.2) is 109 Å². The highest BCUT2D eigenvalue weighted by molar-refractivity contribution is 6.99. The van der Waals surface area contributed by atoms with E-state index in [-0.39, 0.29) is 65.6 Å². The molecule has 0 N–H and O–H groups in total. The third-order valence-electron chi connectivity index (χ3n) is 20.4. The first kappa shape index (κ1) is 63.3. The summed E-state index contributed by atoms with van der Waals surface area (Å²) in [4.78, 5) is 0. The van der Waals surface area contributed by atoms with Crippen LogP contribution in [-0.2, 0) is 37.0 Å². The van der Waals surface area contributed by atoms with Crippen molar-refractivity contribution in [3.63, 3.8) is 0 Å². The van der Waals surface area contributed by atoms with Crippen molar-refractivity contribution in [2.75, 3.05) is 6.61 Å². The van der Waals surface area contributed by atoms with E-state index >= 15 is 0 Å². The van der Waals surface area contributed by atoms with Crippen LogP contribution < -0.4 is 10.4 Å². The maximum Gasteiger partial charge on any atom is 0.261 e. The highest BCUT2D eigenvalue weighted by atomic mass is 28.4. The zero-order valence-corrected chi connectivity index (χ0v) is 54.6. The minimum atomic E-state index is -2.63. The quantitative estimate of drug-likeness (QED) is 0.0805. The molecule has 13 atom stereocenters. The van der Waals surface area contributed by atoms with Gasteiger partial charge in [0, 0.05) is 12.8 Å². The average molecular weight is 1130 g/mol. The molecule has 0 spiro atoms. The van der Waals surface area contributed by atoms with Gasteiger partial charge in [0.05, 0.1) is 72.2 Å². The molecule has 5 saturated heterocycles. The topological polar surface area (TPSA) is 73.8 Å². The lowest BCUT2D eigenvalue weighted by molar-refractivity contribution is -0.272. The maximum absolute atomic E-state index is 7.68. The van der Waals surface area contributed by atoms with Crippen molar-refractivity contribution >= 4 is 35.3 Å². The lowest BCUT2D eigenvalue weighted by Gasteiger charge is -2.50. The Bertz CT molecular complexity index is 2230. The fraction of sp³-hybridized carbons (Fsp3) is 0.701. The number of ether oxygens (including phenoxy) is 5. The Balaban J connectivity index is 1.08. The van der Waals surface area contributed by atoms with Crippen LogP contribution in [0.2, 0.25) is 41.3 Å². The molecule has 0 saturated carbocycles. The van der Waals surface area contributed by atoms with Crippen LogP contribution in [0.3, 0.4) is 0 Å². The van der Waals surface area contributed by atoms with Gasteiger partial charge in [0.1, 0.15) is 6.10 Å². The fourth-order valence-corrected chi connectivity index (χ4v) is 25.1. The average Bonchev–Trinajstić information content (AvgIpc) is 3.95. The summed E-state index contributed by atoms with van der Waals surface area (Å²) in [6, 6.07) is 28.5. The van der Waals surface area contributed by atoms with E-state index in [0.717, 1.165) is 107 Å². The minimum absolute atomic E-state index is 0.0266. The second kappa shape index (κ2) is 27.0. The number of hydrogen-bond donors (Lipinski definition) is 0. The van der Waals surface area contributed by atoms with Gasteiger partial charge in [0.2, 0.25) is 0 Å². The monoisotopic (exact) mass is 1120 g/mol. The molecular formula is C67H108O8Si3. The summed E-state index contributed by atoms with van der Waals surface area (Å²) in [6.07, 6.45) is 19.9. The van der Waals surface area contributed by atoms with Crippen molar-refractivity contribution in [1.29, 1.82) is 0 Å². The predicted molar refractivity (Wildman–Crippen MR) is 332 cm³/mol. The van der Waals surface area contributed by atoms with Gasteiger partial charge in [0.25, 0.3) is 8.32 Å². The highest BCUT2D eigenvalue weighted by Crippen LogP contribution is 2.51. The van der Waals surface area contributed by atoms with E-state index in [1.165, 1.54) is 21.5 Å². The van der Waals surface area contributed by atoms with Crippen LogP contribution in [0.4, 0.5) is 0 Å². The molecule has 8 nitrogen and oxygen atoms in total. The molecule has 0 radical (unpaired) electrons. The number of rotatable bonds is 23. The maximum atomic E-state index is 7.68. The van der Waals surface area contributed by atoms with E-state index < -0.39 is 36.2 Å². The van der Waals surface area contributed by atoms with Crippen molar-refractivity contribution in [3.05, 3.63) is 109 Å². The zero-order valence-electron chi connectivity index (χ0n) is 51.6. The van der Waals surface area contributed by atoms with Crippen LogP contribution in [0.5, 0.6) is 0 Å². The highest BCUT2D eigenvalue weighted by Gasteiger charge is 2.60. The molecule has 5 aliphatic rings. The van der Waals surface area contributed by atoms with Gasteiger partial charge in [-0.3, -0.25) is 0 Å². The van der Waals surface area contributed by atoms with Gasteiger partial charge in [0.15, 0.2) is 16.6 Å². The molecule has 78 heavy (non-hydrogen) atoms. The number of allylic oxidation sites excluding steroid dienone is 6. The van der Waals surface area contributed by atoms with E-state index in [2.05, 4.69) is 195 Å². The van der Waals surface area contributed by atoms with E-state index in [4.69, 9.17) is 37.0 Å². The lowest BCUT2D eigenvalue weighted by atomic mass is 9.79. The first-order valence-electron chi connectivity index (χ1n) is 31.2. The lowest BCUT2D eigenvalue weighted by Crippen LogP contribution is -2.66. The molecule has 5 aliphatic heterocycles. The molecule has 5 fully saturated rings. The van der Waals surface area contributed by atoms with E-state index in [1.807, 2.05) is 6.08 Å². The summed E-state index contributed by atoms with van der Waals surface area (Å²) in [7, 11) is -6.67. The molecule has 2 aromatic rings. The van der Waals surface area contributed by atoms with Gasteiger partial charge in [-0.15, -0.1) is 0 Å². The summed E-state index contributed by atoms with van der Waals surface area (Å²) in [6.45, 7) is 39.4.